The van der Waals surface area contributed by atoms with Gasteiger partial charge in [-0.25, -0.2) is 0 Å². The van der Waals surface area contributed by atoms with E-state index in [1.165, 1.54) is 15.0 Å². The summed E-state index contributed by atoms with van der Waals surface area (Å²) in [6.07, 6.45) is 1.58. The summed E-state index contributed by atoms with van der Waals surface area (Å²) in [6, 6.07) is 32.9. The van der Waals surface area contributed by atoms with Crippen LogP contribution in [0.5, 0.6) is 0 Å². The Hall–Kier alpha value is -3.66. The van der Waals surface area contributed by atoms with Crippen molar-refractivity contribution in [1.82, 2.24) is 15.0 Å². The minimum Gasteiger partial charge on any atom is -0.262 e. The first-order valence-corrected chi connectivity index (χ1v) is 13.4. The van der Waals surface area contributed by atoms with Crippen molar-refractivity contribution in [3.63, 3.8) is 0 Å². The Labute approximate surface area is 262 Å². The van der Waals surface area contributed by atoms with E-state index in [4.69, 9.17) is 0 Å². The van der Waals surface area contributed by atoms with Crippen LogP contribution in [0, 0.1) is 14.7 Å². The Morgan fingerprint density at radius 2 is 1.20 bits per heavy atom. The second-order valence-corrected chi connectivity index (χ2v) is 9.95. The van der Waals surface area contributed by atoms with Crippen LogP contribution in [-0.4, -0.2) is 83.3 Å². The molecule has 9 nitrogen and oxygen atoms in total. The third kappa shape index (κ3) is 9.18. The van der Waals surface area contributed by atoms with Crippen molar-refractivity contribution in [3.8, 4) is 0 Å². The van der Waals surface area contributed by atoms with E-state index >= 15 is 0 Å². The first-order valence-electron chi connectivity index (χ1n) is 13.4. The molecule has 207 valence electrons. The third-order valence-corrected chi connectivity index (χ3v) is 7.19. The topological polar surface area (TPSA) is 98.0 Å². The summed E-state index contributed by atoms with van der Waals surface area (Å²) in [5, 5.41) is 16.2. The molecule has 0 saturated carbocycles. The predicted octanol–water partition coefficient (Wildman–Crippen LogP) is 5.80. The smallest absolute Gasteiger partial charge is 0.0736 e. The van der Waals surface area contributed by atoms with Crippen molar-refractivity contribution >= 4 is 40.3 Å². The van der Waals surface area contributed by atoms with Gasteiger partial charge in [-0.05, 0) is 46.7 Å². The maximum atomic E-state index is 12.3. The molecule has 10 heteroatoms. The van der Waals surface area contributed by atoms with Crippen molar-refractivity contribution < 1.29 is 0 Å². The quantitative estimate of drug-likeness (QED) is 0.0974. The van der Waals surface area contributed by atoms with Crippen LogP contribution in [0.1, 0.15) is 16.7 Å². The fourth-order valence-electron chi connectivity index (χ4n) is 5.12. The molecule has 0 aliphatic heterocycles. The van der Waals surface area contributed by atoms with Crippen molar-refractivity contribution in [2.45, 2.75) is 31.3 Å². The molecule has 0 amide bonds. The van der Waals surface area contributed by atoms with E-state index in [1.807, 2.05) is 84.9 Å². The minimum absolute atomic E-state index is 0. The van der Waals surface area contributed by atoms with Crippen LogP contribution in [-0.2, 0) is 19.3 Å². The van der Waals surface area contributed by atoms with E-state index in [2.05, 4.69) is 34.1 Å². The standard InChI is InChI=1S/C31H34N6O3.Na/c1-35(32-38)23-29(21-26-13-6-3-7-14-26)37(34-40)24-30(36(33-39)20-19-25-11-4-2-5-12-25)22-28-17-10-16-27-15-8-9-18-31(27)28;/h2-18,29-30H,19-24H2,1H3;/t29-,30+;/m0./s1. The Kier molecular flexibility index (Phi) is 12.9. The Balaban J connectivity index is 0.00000462. The van der Waals surface area contributed by atoms with Crippen LogP contribution >= 0.6 is 0 Å². The molecular formula is C31H34N6NaO3. The molecule has 0 aromatic heterocycles. The fraction of sp³-hybridized carbons (Fsp3) is 0.290. The van der Waals surface area contributed by atoms with Gasteiger partial charge in [-0.15, -0.1) is 14.7 Å². The summed E-state index contributed by atoms with van der Waals surface area (Å²) < 4.78 is 0. The first-order chi connectivity index (χ1) is 19.6. The number of hydrogen-bond acceptors (Lipinski definition) is 6. The normalized spacial score (nSPS) is 12.0. The molecule has 0 heterocycles. The molecule has 4 aromatic rings. The number of rotatable bonds is 16. The van der Waals surface area contributed by atoms with Crippen LogP contribution in [0.25, 0.3) is 10.8 Å². The third-order valence-electron chi connectivity index (χ3n) is 7.19. The second-order valence-electron chi connectivity index (χ2n) is 9.95. The van der Waals surface area contributed by atoms with Crippen LogP contribution < -0.4 is 0 Å². The van der Waals surface area contributed by atoms with E-state index in [-0.39, 0.29) is 42.6 Å². The van der Waals surface area contributed by atoms with Crippen molar-refractivity contribution in [3.05, 3.63) is 135 Å². The average Bonchev–Trinajstić information content (AvgIpc) is 3.00. The molecule has 0 spiro atoms. The van der Waals surface area contributed by atoms with Gasteiger partial charge in [-0.2, -0.15) is 0 Å². The molecule has 41 heavy (non-hydrogen) atoms. The summed E-state index contributed by atoms with van der Waals surface area (Å²) in [4.78, 5) is 35.8. The van der Waals surface area contributed by atoms with Gasteiger partial charge >= 0.3 is 0 Å². The average molecular weight is 562 g/mol. The summed E-state index contributed by atoms with van der Waals surface area (Å²) >= 11 is 0. The molecule has 0 saturated heterocycles. The minimum atomic E-state index is -0.447. The van der Waals surface area contributed by atoms with Gasteiger partial charge in [0.05, 0.1) is 41.0 Å². The zero-order valence-electron chi connectivity index (χ0n) is 23.6. The van der Waals surface area contributed by atoms with Gasteiger partial charge in [-0.3, -0.25) is 15.0 Å². The Morgan fingerprint density at radius 3 is 1.85 bits per heavy atom. The number of nitrogens with zero attached hydrogens (tertiary/aromatic N) is 6. The van der Waals surface area contributed by atoms with Crippen molar-refractivity contribution in [2.75, 3.05) is 26.7 Å². The maximum absolute atomic E-state index is 12.3. The molecule has 4 aromatic carbocycles. The van der Waals surface area contributed by atoms with Gasteiger partial charge in [0.2, 0.25) is 0 Å². The largest absolute Gasteiger partial charge is 0.262 e. The molecule has 0 bridgehead atoms. The number of fused-ring (bicyclic) bond motifs is 1. The zero-order valence-corrected chi connectivity index (χ0v) is 25.6. The van der Waals surface area contributed by atoms with Gasteiger partial charge in [-0.1, -0.05) is 103 Å². The molecule has 2 atom stereocenters. The molecule has 0 aliphatic carbocycles. The summed E-state index contributed by atoms with van der Waals surface area (Å²) in [5.41, 5.74) is 3.14. The monoisotopic (exact) mass is 561 g/mol. The van der Waals surface area contributed by atoms with Crippen molar-refractivity contribution in [1.29, 1.82) is 0 Å². The number of hydrogen-bond donors (Lipinski definition) is 0. The molecular weight excluding hydrogens is 527 g/mol. The van der Waals surface area contributed by atoms with Crippen LogP contribution in [0.15, 0.2) is 119 Å². The molecule has 1 radical (unpaired) electrons. The zero-order chi connectivity index (χ0) is 28.2. The van der Waals surface area contributed by atoms with E-state index < -0.39 is 12.1 Å². The molecule has 0 N–H and O–H groups in total. The summed E-state index contributed by atoms with van der Waals surface area (Å²) in [6.45, 7) is 0.732. The molecule has 0 fully saturated rings. The molecule has 4 rings (SSSR count). The molecule has 0 aliphatic rings. The summed E-state index contributed by atoms with van der Waals surface area (Å²) in [7, 11) is 1.57. The number of likely N-dealkylation sites (N-methyl/N-ethyl adjacent to an activating group) is 1. The predicted molar refractivity (Wildman–Crippen MR) is 165 cm³/mol. The van der Waals surface area contributed by atoms with Crippen LogP contribution in [0.4, 0.5) is 0 Å². The van der Waals surface area contributed by atoms with E-state index in [0.717, 1.165) is 27.5 Å². The summed E-state index contributed by atoms with van der Waals surface area (Å²) in [5.74, 6) is 0. The van der Waals surface area contributed by atoms with Gasteiger partial charge in [0.25, 0.3) is 0 Å². The Morgan fingerprint density at radius 1 is 0.610 bits per heavy atom. The second kappa shape index (κ2) is 16.6. The SMILES string of the molecule is CN(C[C@H](Cc1ccccc1)N(C[C@@H](Cc1cccc2ccccc12)N(CCc1ccccc1)N=O)N=O)N=O.[Na]. The number of benzene rings is 4. The number of nitroso groups, excluding NO2 is 3. The van der Waals surface area contributed by atoms with E-state index in [9.17, 15) is 14.7 Å². The van der Waals surface area contributed by atoms with Crippen LogP contribution in [0.3, 0.4) is 0 Å². The first kappa shape index (κ1) is 31.9. The van der Waals surface area contributed by atoms with Gasteiger partial charge in [0, 0.05) is 43.1 Å². The van der Waals surface area contributed by atoms with Gasteiger partial charge in [0.1, 0.15) is 0 Å². The Bertz CT molecular complexity index is 1370. The van der Waals surface area contributed by atoms with E-state index in [0.29, 0.717) is 25.8 Å². The maximum Gasteiger partial charge on any atom is 0.0736 e. The van der Waals surface area contributed by atoms with E-state index in [1.54, 1.807) is 7.05 Å². The fourth-order valence-corrected chi connectivity index (χ4v) is 5.12. The van der Waals surface area contributed by atoms with Crippen LogP contribution in [0.2, 0.25) is 0 Å². The van der Waals surface area contributed by atoms with Crippen molar-refractivity contribution in [2.24, 2.45) is 15.9 Å². The molecule has 0 unspecified atom stereocenters. The van der Waals surface area contributed by atoms with Gasteiger partial charge < -0.3 is 0 Å². The van der Waals surface area contributed by atoms with Gasteiger partial charge in [0.15, 0.2) is 0 Å².